The Morgan fingerprint density at radius 2 is 2.20 bits per heavy atom. The lowest BCUT2D eigenvalue weighted by Gasteiger charge is -2.27. The van der Waals surface area contributed by atoms with Crippen molar-refractivity contribution in [1.29, 1.82) is 5.26 Å². The van der Waals surface area contributed by atoms with Gasteiger partial charge in [-0.1, -0.05) is 0 Å². The SMILES string of the molecule is CCOC(=O)C1CCC(NCc2ccc(C#N)s2)CC1. The van der Waals surface area contributed by atoms with Crippen LogP contribution < -0.4 is 5.32 Å². The summed E-state index contributed by atoms with van der Waals surface area (Å²) in [5.74, 6) is 0.0443. The average Bonchev–Trinajstić information content (AvgIpc) is 2.94. The minimum Gasteiger partial charge on any atom is -0.466 e. The van der Waals surface area contributed by atoms with Gasteiger partial charge >= 0.3 is 5.97 Å². The van der Waals surface area contributed by atoms with Crippen LogP contribution >= 0.6 is 11.3 Å². The molecule has 108 valence electrons. The number of nitrogens with one attached hydrogen (secondary N) is 1. The first-order chi connectivity index (χ1) is 9.72. The zero-order chi connectivity index (χ0) is 14.4. The number of rotatable bonds is 5. The quantitative estimate of drug-likeness (QED) is 0.848. The van der Waals surface area contributed by atoms with Crippen molar-refractivity contribution in [1.82, 2.24) is 5.32 Å². The molecule has 1 N–H and O–H groups in total. The highest BCUT2D eigenvalue weighted by Crippen LogP contribution is 2.26. The Labute approximate surface area is 123 Å². The summed E-state index contributed by atoms with van der Waals surface area (Å²) in [5, 5.41) is 12.3. The number of thiophene rings is 1. The van der Waals surface area contributed by atoms with Crippen molar-refractivity contribution in [2.24, 2.45) is 5.92 Å². The lowest BCUT2D eigenvalue weighted by molar-refractivity contribution is -0.149. The summed E-state index contributed by atoms with van der Waals surface area (Å²) in [5.41, 5.74) is 0. The number of hydrogen-bond donors (Lipinski definition) is 1. The minimum atomic E-state index is -0.0390. The molecule has 1 aromatic rings. The van der Waals surface area contributed by atoms with Gasteiger partial charge in [-0.15, -0.1) is 11.3 Å². The molecule has 0 unspecified atom stereocenters. The maximum absolute atomic E-state index is 11.6. The van der Waals surface area contributed by atoms with Gasteiger partial charge in [0.05, 0.1) is 12.5 Å². The lowest BCUT2D eigenvalue weighted by atomic mass is 9.86. The molecule has 1 aliphatic rings. The van der Waals surface area contributed by atoms with Crippen molar-refractivity contribution in [3.05, 3.63) is 21.9 Å². The van der Waals surface area contributed by atoms with Gasteiger partial charge < -0.3 is 10.1 Å². The van der Waals surface area contributed by atoms with Crippen LogP contribution in [0.3, 0.4) is 0 Å². The van der Waals surface area contributed by atoms with Gasteiger partial charge in [-0.2, -0.15) is 5.26 Å². The van der Waals surface area contributed by atoms with Gasteiger partial charge in [-0.3, -0.25) is 4.79 Å². The Balaban J connectivity index is 1.72. The summed E-state index contributed by atoms with van der Waals surface area (Å²) in [6.45, 7) is 3.12. The fourth-order valence-corrected chi connectivity index (χ4v) is 3.33. The second-order valence-electron chi connectivity index (χ2n) is 5.06. The molecule has 20 heavy (non-hydrogen) atoms. The molecule has 2 rings (SSSR count). The minimum absolute atomic E-state index is 0.0390. The monoisotopic (exact) mass is 292 g/mol. The first kappa shape index (κ1) is 15.0. The third kappa shape index (κ3) is 4.06. The predicted octanol–water partition coefficient (Wildman–Crippen LogP) is 2.83. The molecule has 0 saturated heterocycles. The molecule has 5 heteroatoms. The zero-order valence-electron chi connectivity index (χ0n) is 11.7. The molecule has 0 aromatic carbocycles. The van der Waals surface area contributed by atoms with E-state index in [2.05, 4.69) is 11.4 Å². The van der Waals surface area contributed by atoms with Crippen molar-refractivity contribution in [2.45, 2.75) is 45.2 Å². The van der Waals surface area contributed by atoms with Crippen LogP contribution in [-0.2, 0) is 16.1 Å². The third-order valence-electron chi connectivity index (χ3n) is 3.68. The van der Waals surface area contributed by atoms with Crippen LogP contribution in [0.25, 0.3) is 0 Å². The third-order valence-corrected chi connectivity index (χ3v) is 4.67. The molecule has 0 atom stereocenters. The second-order valence-corrected chi connectivity index (χ2v) is 6.23. The van der Waals surface area contributed by atoms with E-state index in [1.807, 2.05) is 19.1 Å². The first-order valence-electron chi connectivity index (χ1n) is 7.11. The Kier molecular flexibility index (Phi) is 5.57. The van der Waals surface area contributed by atoms with Gasteiger partial charge in [0.2, 0.25) is 0 Å². The highest BCUT2D eigenvalue weighted by Gasteiger charge is 2.26. The number of esters is 1. The van der Waals surface area contributed by atoms with Gasteiger partial charge in [0.15, 0.2) is 0 Å². The summed E-state index contributed by atoms with van der Waals surface area (Å²) in [4.78, 5) is 13.6. The van der Waals surface area contributed by atoms with Crippen LogP contribution in [0, 0.1) is 17.2 Å². The van der Waals surface area contributed by atoms with Crippen LogP contribution in [-0.4, -0.2) is 18.6 Å². The van der Waals surface area contributed by atoms with E-state index < -0.39 is 0 Å². The van der Waals surface area contributed by atoms with E-state index in [4.69, 9.17) is 10.00 Å². The first-order valence-corrected chi connectivity index (χ1v) is 7.93. The molecule has 0 aliphatic heterocycles. The molecular formula is C15H20N2O2S. The molecule has 0 spiro atoms. The van der Waals surface area contributed by atoms with Crippen molar-refractivity contribution in [3.63, 3.8) is 0 Å². The Morgan fingerprint density at radius 1 is 1.45 bits per heavy atom. The van der Waals surface area contributed by atoms with Crippen LogP contribution in [0.2, 0.25) is 0 Å². The molecule has 1 aromatic heterocycles. The lowest BCUT2D eigenvalue weighted by Crippen LogP contribution is -2.34. The van der Waals surface area contributed by atoms with Crippen molar-refractivity contribution in [2.75, 3.05) is 6.61 Å². The van der Waals surface area contributed by atoms with Gasteiger partial charge in [0, 0.05) is 17.5 Å². The maximum Gasteiger partial charge on any atom is 0.308 e. The number of ether oxygens (including phenoxy) is 1. The van der Waals surface area contributed by atoms with E-state index in [9.17, 15) is 4.79 Å². The number of nitriles is 1. The number of carbonyl (C=O) groups excluding carboxylic acids is 1. The van der Waals surface area contributed by atoms with Crippen LogP contribution in [0.15, 0.2) is 12.1 Å². The largest absolute Gasteiger partial charge is 0.466 e. The van der Waals surface area contributed by atoms with Crippen molar-refractivity contribution < 1.29 is 9.53 Å². The van der Waals surface area contributed by atoms with Crippen LogP contribution in [0.1, 0.15) is 42.4 Å². The van der Waals surface area contributed by atoms with E-state index in [1.54, 1.807) is 0 Å². The predicted molar refractivity (Wildman–Crippen MR) is 78.3 cm³/mol. The van der Waals surface area contributed by atoms with E-state index >= 15 is 0 Å². The Morgan fingerprint density at radius 3 is 2.80 bits per heavy atom. The molecule has 0 amide bonds. The molecule has 0 radical (unpaired) electrons. The van der Waals surface area contributed by atoms with Gasteiger partial charge in [-0.05, 0) is 44.7 Å². The normalized spacial score (nSPS) is 22.2. The number of nitrogens with zero attached hydrogens (tertiary/aromatic N) is 1. The highest BCUT2D eigenvalue weighted by molar-refractivity contribution is 7.12. The summed E-state index contributed by atoms with van der Waals surface area (Å²) < 4.78 is 5.07. The molecule has 4 nitrogen and oxygen atoms in total. The highest BCUT2D eigenvalue weighted by atomic mass is 32.1. The van der Waals surface area contributed by atoms with E-state index in [0.717, 1.165) is 37.1 Å². The fourth-order valence-electron chi connectivity index (χ4n) is 2.57. The standard InChI is InChI=1S/C15H20N2O2S/c1-2-19-15(18)11-3-5-12(6-4-11)17-10-14-8-7-13(9-16)20-14/h7-8,11-12,17H,2-6,10H2,1H3. The topological polar surface area (TPSA) is 62.1 Å². The molecule has 1 heterocycles. The molecular weight excluding hydrogens is 272 g/mol. The summed E-state index contributed by atoms with van der Waals surface area (Å²) >= 11 is 1.54. The van der Waals surface area contributed by atoms with E-state index in [1.165, 1.54) is 16.2 Å². The Hall–Kier alpha value is -1.38. The van der Waals surface area contributed by atoms with Crippen LogP contribution in [0.4, 0.5) is 0 Å². The average molecular weight is 292 g/mol. The van der Waals surface area contributed by atoms with E-state index in [0.29, 0.717) is 12.6 Å². The smallest absolute Gasteiger partial charge is 0.308 e. The molecule has 0 bridgehead atoms. The summed E-state index contributed by atoms with van der Waals surface area (Å²) in [6.07, 6.45) is 3.84. The van der Waals surface area contributed by atoms with Gasteiger partial charge in [-0.25, -0.2) is 0 Å². The molecule has 1 saturated carbocycles. The zero-order valence-corrected chi connectivity index (χ0v) is 12.5. The van der Waals surface area contributed by atoms with E-state index in [-0.39, 0.29) is 11.9 Å². The van der Waals surface area contributed by atoms with Gasteiger partial charge in [0.1, 0.15) is 10.9 Å². The number of hydrogen-bond acceptors (Lipinski definition) is 5. The summed E-state index contributed by atoms with van der Waals surface area (Å²) in [6, 6.07) is 6.48. The summed E-state index contributed by atoms with van der Waals surface area (Å²) in [7, 11) is 0. The molecule has 1 aliphatic carbocycles. The second kappa shape index (κ2) is 7.41. The number of carbonyl (C=O) groups is 1. The molecule has 1 fully saturated rings. The van der Waals surface area contributed by atoms with Gasteiger partial charge in [0.25, 0.3) is 0 Å². The van der Waals surface area contributed by atoms with Crippen LogP contribution in [0.5, 0.6) is 0 Å². The van der Waals surface area contributed by atoms with Crippen molar-refractivity contribution in [3.8, 4) is 6.07 Å². The Bertz CT molecular complexity index is 484. The maximum atomic E-state index is 11.6. The fraction of sp³-hybridized carbons (Fsp3) is 0.600. The van der Waals surface area contributed by atoms with Crippen molar-refractivity contribution >= 4 is 17.3 Å².